The van der Waals surface area contributed by atoms with Crippen LogP contribution in [-0.4, -0.2) is 30.2 Å². The van der Waals surface area contributed by atoms with Gasteiger partial charge in [0.1, 0.15) is 17.5 Å². The van der Waals surface area contributed by atoms with Crippen molar-refractivity contribution in [2.75, 3.05) is 7.11 Å². The summed E-state index contributed by atoms with van der Waals surface area (Å²) in [7, 11) is 1.59. The molecule has 2 rings (SSSR count). The second-order valence-corrected chi connectivity index (χ2v) is 4.97. The SMILES string of the molecule is COC1CCCC(OC(=O)c2cc([N+](=O)[O-])ccc2F)C1. The Morgan fingerprint density at radius 1 is 1.38 bits per heavy atom. The van der Waals surface area contributed by atoms with Crippen molar-refractivity contribution in [1.29, 1.82) is 0 Å². The van der Waals surface area contributed by atoms with Crippen molar-refractivity contribution in [3.8, 4) is 0 Å². The molecule has 2 atom stereocenters. The molecule has 0 heterocycles. The third-order valence-corrected chi connectivity index (χ3v) is 3.57. The lowest BCUT2D eigenvalue weighted by Crippen LogP contribution is -2.29. The van der Waals surface area contributed by atoms with E-state index in [1.54, 1.807) is 7.11 Å². The Hall–Kier alpha value is -2.02. The molecule has 1 aliphatic carbocycles. The minimum atomic E-state index is -0.877. The largest absolute Gasteiger partial charge is 0.459 e. The molecular weight excluding hydrogens is 281 g/mol. The van der Waals surface area contributed by atoms with Crippen LogP contribution in [0.4, 0.5) is 10.1 Å². The number of non-ortho nitro benzene ring substituents is 1. The third-order valence-electron chi connectivity index (χ3n) is 3.57. The van der Waals surface area contributed by atoms with Crippen molar-refractivity contribution in [2.45, 2.75) is 37.9 Å². The van der Waals surface area contributed by atoms with E-state index in [9.17, 15) is 19.3 Å². The number of rotatable bonds is 4. The number of halogens is 1. The molecule has 1 aliphatic rings. The molecule has 1 saturated carbocycles. The molecule has 0 bridgehead atoms. The fraction of sp³-hybridized carbons (Fsp3) is 0.500. The first-order chi connectivity index (χ1) is 10.0. The Labute approximate surface area is 121 Å². The van der Waals surface area contributed by atoms with Crippen LogP contribution >= 0.6 is 0 Å². The number of hydrogen-bond donors (Lipinski definition) is 0. The fourth-order valence-electron chi connectivity index (χ4n) is 2.42. The van der Waals surface area contributed by atoms with Crippen molar-refractivity contribution in [2.24, 2.45) is 0 Å². The van der Waals surface area contributed by atoms with Gasteiger partial charge in [0.25, 0.3) is 5.69 Å². The van der Waals surface area contributed by atoms with E-state index < -0.39 is 22.3 Å². The Bertz CT molecular complexity index is 548. The maximum Gasteiger partial charge on any atom is 0.341 e. The molecule has 6 nitrogen and oxygen atoms in total. The van der Waals surface area contributed by atoms with E-state index in [-0.39, 0.29) is 17.9 Å². The number of ether oxygens (including phenoxy) is 2. The summed E-state index contributed by atoms with van der Waals surface area (Å²) in [5, 5.41) is 10.7. The quantitative estimate of drug-likeness (QED) is 0.485. The number of methoxy groups -OCH3 is 1. The van der Waals surface area contributed by atoms with Gasteiger partial charge in [0, 0.05) is 25.7 Å². The monoisotopic (exact) mass is 297 g/mol. The van der Waals surface area contributed by atoms with Crippen LogP contribution in [0.1, 0.15) is 36.0 Å². The molecule has 0 saturated heterocycles. The van der Waals surface area contributed by atoms with Crippen LogP contribution in [0.2, 0.25) is 0 Å². The van der Waals surface area contributed by atoms with Crippen LogP contribution in [0.25, 0.3) is 0 Å². The highest BCUT2D eigenvalue weighted by atomic mass is 19.1. The summed E-state index contributed by atoms with van der Waals surface area (Å²) >= 11 is 0. The summed E-state index contributed by atoms with van der Waals surface area (Å²) in [6, 6.07) is 2.80. The molecule has 0 radical (unpaired) electrons. The molecule has 7 heteroatoms. The maximum atomic E-state index is 13.6. The van der Waals surface area contributed by atoms with Gasteiger partial charge in [-0.15, -0.1) is 0 Å². The number of nitro groups is 1. The molecule has 0 spiro atoms. The summed E-state index contributed by atoms with van der Waals surface area (Å²) in [5.41, 5.74) is -0.759. The molecule has 0 aliphatic heterocycles. The number of benzene rings is 1. The zero-order valence-corrected chi connectivity index (χ0v) is 11.6. The smallest absolute Gasteiger partial charge is 0.341 e. The number of carbonyl (C=O) groups excluding carboxylic acids is 1. The molecular formula is C14H16FNO5. The van der Waals surface area contributed by atoms with Gasteiger partial charge in [-0.05, 0) is 25.3 Å². The Kier molecular flexibility index (Phi) is 4.85. The van der Waals surface area contributed by atoms with Gasteiger partial charge in [0.15, 0.2) is 0 Å². The van der Waals surface area contributed by atoms with E-state index in [1.165, 1.54) is 0 Å². The van der Waals surface area contributed by atoms with Gasteiger partial charge < -0.3 is 9.47 Å². The van der Waals surface area contributed by atoms with Crippen LogP contribution in [0.5, 0.6) is 0 Å². The number of nitrogens with zero attached hydrogens (tertiary/aromatic N) is 1. The number of esters is 1. The molecule has 1 fully saturated rings. The van der Waals surface area contributed by atoms with Gasteiger partial charge in [-0.2, -0.15) is 0 Å². The highest BCUT2D eigenvalue weighted by Crippen LogP contribution is 2.25. The van der Waals surface area contributed by atoms with Crippen LogP contribution < -0.4 is 0 Å². The molecule has 21 heavy (non-hydrogen) atoms. The van der Waals surface area contributed by atoms with Gasteiger partial charge in [0.05, 0.1) is 11.0 Å². The summed E-state index contributed by atoms with van der Waals surface area (Å²) < 4.78 is 24.1. The Morgan fingerprint density at radius 2 is 2.10 bits per heavy atom. The highest BCUT2D eigenvalue weighted by Gasteiger charge is 2.27. The summed E-state index contributed by atoms with van der Waals surface area (Å²) in [5.74, 6) is -1.71. The third kappa shape index (κ3) is 3.75. The maximum absolute atomic E-state index is 13.6. The molecule has 0 N–H and O–H groups in total. The van der Waals surface area contributed by atoms with E-state index in [2.05, 4.69) is 0 Å². The summed E-state index contributed by atoms with van der Waals surface area (Å²) in [6.07, 6.45) is 2.66. The van der Waals surface area contributed by atoms with Gasteiger partial charge >= 0.3 is 5.97 Å². The molecule has 1 aromatic rings. The topological polar surface area (TPSA) is 78.7 Å². The lowest BCUT2D eigenvalue weighted by Gasteiger charge is -2.27. The van der Waals surface area contributed by atoms with Gasteiger partial charge in [0.2, 0.25) is 0 Å². The first-order valence-electron chi connectivity index (χ1n) is 6.69. The minimum absolute atomic E-state index is 0.0199. The molecule has 2 unspecified atom stereocenters. The average molecular weight is 297 g/mol. The normalized spacial score (nSPS) is 21.8. The highest BCUT2D eigenvalue weighted by molar-refractivity contribution is 5.90. The van der Waals surface area contributed by atoms with Crippen molar-refractivity contribution in [1.82, 2.24) is 0 Å². The lowest BCUT2D eigenvalue weighted by atomic mass is 9.95. The fourth-order valence-corrected chi connectivity index (χ4v) is 2.42. The second-order valence-electron chi connectivity index (χ2n) is 4.97. The average Bonchev–Trinajstić information content (AvgIpc) is 2.47. The predicted molar refractivity (Wildman–Crippen MR) is 71.5 cm³/mol. The second kappa shape index (κ2) is 6.62. The predicted octanol–water partition coefficient (Wildman–Crippen LogP) is 2.85. The summed E-state index contributed by atoms with van der Waals surface area (Å²) in [6.45, 7) is 0. The minimum Gasteiger partial charge on any atom is -0.459 e. The Morgan fingerprint density at radius 3 is 2.76 bits per heavy atom. The molecule has 1 aromatic carbocycles. The number of hydrogen-bond acceptors (Lipinski definition) is 5. The van der Waals surface area contributed by atoms with Crippen molar-refractivity contribution in [3.05, 3.63) is 39.7 Å². The van der Waals surface area contributed by atoms with Crippen LogP contribution in [-0.2, 0) is 9.47 Å². The lowest BCUT2D eigenvalue weighted by molar-refractivity contribution is -0.384. The van der Waals surface area contributed by atoms with E-state index in [0.29, 0.717) is 12.8 Å². The van der Waals surface area contributed by atoms with E-state index in [4.69, 9.17) is 9.47 Å². The van der Waals surface area contributed by atoms with Crippen molar-refractivity contribution in [3.63, 3.8) is 0 Å². The standard InChI is InChI=1S/C14H16FNO5/c1-20-10-3-2-4-11(8-10)21-14(17)12-7-9(16(18)19)5-6-13(12)15/h5-7,10-11H,2-4,8H2,1H3. The van der Waals surface area contributed by atoms with Gasteiger partial charge in [-0.3, -0.25) is 10.1 Å². The van der Waals surface area contributed by atoms with E-state index in [1.807, 2.05) is 0 Å². The zero-order chi connectivity index (χ0) is 15.4. The van der Waals surface area contributed by atoms with Crippen molar-refractivity contribution >= 4 is 11.7 Å². The first-order valence-corrected chi connectivity index (χ1v) is 6.69. The van der Waals surface area contributed by atoms with Crippen molar-refractivity contribution < 1.29 is 23.6 Å². The number of carbonyl (C=O) groups is 1. The zero-order valence-electron chi connectivity index (χ0n) is 11.6. The molecule has 0 aromatic heterocycles. The first kappa shape index (κ1) is 15.4. The van der Waals surface area contributed by atoms with E-state index >= 15 is 0 Å². The summed E-state index contributed by atoms with van der Waals surface area (Å²) in [4.78, 5) is 22.0. The number of nitro benzene ring substituents is 1. The van der Waals surface area contributed by atoms with Crippen LogP contribution in [0, 0.1) is 15.9 Å². The molecule has 0 amide bonds. The van der Waals surface area contributed by atoms with Crippen LogP contribution in [0.15, 0.2) is 18.2 Å². The molecule has 114 valence electrons. The van der Waals surface area contributed by atoms with Gasteiger partial charge in [-0.1, -0.05) is 0 Å². The van der Waals surface area contributed by atoms with Gasteiger partial charge in [-0.25, -0.2) is 9.18 Å². The van der Waals surface area contributed by atoms with E-state index in [0.717, 1.165) is 31.0 Å². The van der Waals surface area contributed by atoms with Crippen LogP contribution in [0.3, 0.4) is 0 Å². The Balaban J connectivity index is 2.09.